The molecule has 4 rings (SSSR count). The van der Waals surface area contributed by atoms with Crippen LogP contribution in [0.4, 0.5) is 10.1 Å². The summed E-state index contributed by atoms with van der Waals surface area (Å²) in [6.45, 7) is 0.285. The fourth-order valence-corrected chi connectivity index (χ4v) is 3.76. The second-order valence-corrected chi connectivity index (χ2v) is 7.49. The van der Waals surface area contributed by atoms with Gasteiger partial charge in [-0.15, -0.1) is 0 Å². The number of aromatic nitrogens is 2. The van der Waals surface area contributed by atoms with Crippen LogP contribution in [0.3, 0.4) is 0 Å². The molecule has 2 unspecified atom stereocenters. The highest BCUT2D eigenvalue weighted by Gasteiger charge is 2.36. The smallest absolute Gasteiger partial charge is 0.227 e. The highest BCUT2D eigenvalue weighted by molar-refractivity contribution is 6.00. The van der Waals surface area contributed by atoms with E-state index < -0.39 is 12.0 Å². The zero-order chi connectivity index (χ0) is 22.0. The van der Waals surface area contributed by atoms with Crippen LogP contribution in [0.5, 0.6) is 5.75 Å². The maximum absolute atomic E-state index is 13.4. The van der Waals surface area contributed by atoms with Crippen molar-refractivity contribution in [2.45, 2.75) is 12.5 Å². The van der Waals surface area contributed by atoms with E-state index in [1.54, 1.807) is 65.4 Å². The molecule has 8 heteroatoms. The number of benzene rings is 2. The molecule has 2 heterocycles. The van der Waals surface area contributed by atoms with Crippen LogP contribution in [-0.2, 0) is 16.6 Å². The molecule has 0 spiro atoms. The van der Waals surface area contributed by atoms with Gasteiger partial charge >= 0.3 is 0 Å². The minimum atomic E-state index is -0.557. The van der Waals surface area contributed by atoms with Crippen molar-refractivity contribution in [2.75, 3.05) is 18.6 Å². The molecule has 0 saturated carbocycles. The van der Waals surface area contributed by atoms with Gasteiger partial charge in [0.05, 0.1) is 13.0 Å². The maximum Gasteiger partial charge on any atom is 0.227 e. The maximum atomic E-state index is 13.4. The highest BCUT2D eigenvalue weighted by Crippen LogP contribution is 2.28. The Bertz CT molecular complexity index is 1080. The third kappa shape index (κ3) is 4.28. The lowest BCUT2D eigenvalue weighted by Crippen LogP contribution is -2.37. The zero-order valence-electron chi connectivity index (χ0n) is 17.3. The number of rotatable bonds is 6. The Balaban J connectivity index is 1.53. The lowest BCUT2D eigenvalue weighted by molar-refractivity contribution is -0.126. The van der Waals surface area contributed by atoms with E-state index in [1.807, 2.05) is 7.05 Å². The number of amides is 2. The van der Waals surface area contributed by atoms with Crippen LogP contribution in [-0.4, -0.2) is 35.0 Å². The van der Waals surface area contributed by atoms with Gasteiger partial charge in [0, 0.05) is 38.1 Å². The van der Waals surface area contributed by atoms with Crippen molar-refractivity contribution in [1.29, 1.82) is 0 Å². The van der Waals surface area contributed by atoms with Gasteiger partial charge in [0.15, 0.2) is 0 Å². The van der Waals surface area contributed by atoms with Crippen LogP contribution in [0.1, 0.15) is 23.9 Å². The number of hydrogen-bond acceptors (Lipinski definition) is 4. The summed E-state index contributed by atoms with van der Waals surface area (Å²) < 4.78 is 20.4. The van der Waals surface area contributed by atoms with Crippen LogP contribution in [0.2, 0.25) is 0 Å². The fourth-order valence-electron chi connectivity index (χ4n) is 3.76. The third-order valence-corrected chi connectivity index (χ3v) is 5.49. The summed E-state index contributed by atoms with van der Waals surface area (Å²) in [5.74, 6) is 0.100. The summed E-state index contributed by atoms with van der Waals surface area (Å²) in [4.78, 5) is 31.6. The van der Waals surface area contributed by atoms with E-state index in [1.165, 1.54) is 12.1 Å². The molecule has 1 fully saturated rings. The molecule has 1 aromatic heterocycles. The van der Waals surface area contributed by atoms with Crippen molar-refractivity contribution < 1.29 is 18.7 Å². The number of anilines is 1. The van der Waals surface area contributed by atoms with Crippen LogP contribution in [0.15, 0.2) is 60.9 Å². The molecule has 7 nitrogen and oxygen atoms in total. The second-order valence-electron chi connectivity index (χ2n) is 7.49. The average molecular weight is 422 g/mol. The summed E-state index contributed by atoms with van der Waals surface area (Å²) in [5.41, 5.74) is 1.43. The molecule has 0 bridgehead atoms. The predicted octanol–water partition coefficient (Wildman–Crippen LogP) is 2.83. The van der Waals surface area contributed by atoms with E-state index in [9.17, 15) is 14.0 Å². The lowest BCUT2D eigenvalue weighted by Gasteiger charge is -2.21. The summed E-state index contributed by atoms with van der Waals surface area (Å²) in [6, 6.07) is 12.5. The van der Waals surface area contributed by atoms with E-state index in [0.29, 0.717) is 17.1 Å². The van der Waals surface area contributed by atoms with Gasteiger partial charge in [-0.3, -0.25) is 9.59 Å². The lowest BCUT2D eigenvalue weighted by atomic mass is 10.0. The molecule has 2 atom stereocenters. The van der Waals surface area contributed by atoms with Gasteiger partial charge in [0.25, 0.3) is 0 Å². The van der Waals surface area contributed by atoms with E-state index in [2.05, 4.69) is 10.3 Å². The number of ether oxygens (including phenoxy) is 1. The largest absolute Gasteiger partial charge is 0.497 e. The number of hydrogen-bond donors (Lipinski definition) is 1. The molecule has 2 amide bonds. The molecule has 2 aromatic carbocycles. The Labute approximate surface area is 179 Å². The first-order valence-corrected chi connectivity index (χ1v) is 9.93. The quantitative estimate of drug-likeness (QED) is 0.663. The Hall–Kier alpha value is -3.68. The van der Waals surface area contributed by atoms with Crippen molar-refractivity contribution >= 4 is 17.5 Å². The molecule has 1 saturated heterocycles. The van der Waals surface area contributed by atoms with Crippen molar-refractivity contribution in [1.82, 2.24) is 14.9 Å². The molecule has 1 aliphatic rings. The SMILES string of the molecule is COc1ccc(N2CC(C(=O)NC(c3ccc(F)cc3)c3nccn3C)CC2=O)cc1. The number of carbonyl (C=O) groups is 2. The minimum Gasteiger partial charge on any atom is -0.497 e. The van der Waals surface area contributed by atoms with Crippen molar-refractivity contribution in [3.05, 3.63) is 78.1 Å². The van der Waals surface area contributed by atoms with Crippen molar-refractivity contribution in [3.63, 3.8) is 0 Å². The van der Waals surface area contributed by atoms with Crippen LogP contribution < -0.4 is 15.0 Å². The van der Waals surface area contributed by atoms with Gasteiger partial charge in [-0.25, -0.2) is 9.37 Å². The number of nitrogens with one attached hydrogen (secondary N) is 1. The monoisotopic (exact) mass is 422 g/mol. The molecule has 3 aromatic rings. The van der Waals surface area contributed by atoms with Gasteiger partial charge in [-0.1, -0.05) is 12.1 Å². The standard InChI is InChI=1S/C23H23FN4O3/c1-27-12-11-25-22(27)21(15-3-5-17(24)6-4-15)26-23(30)16-13-20(29)28(14-16)18-7-9-19(31-2)10-8-18/h3-12,16,21H,13-14H2,1-2H3,(H,26,30). The minimum absolute atomic E-state index is 0.111. The zero-order valence-corrected chi connectivity index (χ0v) is 17.3. The van der Waals surface area contributed by atoms with Crippen molar-refractivity contribution in [3.8, 4) is 5.75 Å². The number of imidazole rings is 1. The molecule has 1 aliphatic heterocycles. The van der Waals surface area contributed by atoms with E-state index in [4.69, 9.17) is 4.74 Å². The highest BCUT2D eigenvalue weighted by atomic mass is 19.1. The van der Waals surface area contributed by atoms with Gasteiger partial charge < -0.3 is 19.5 Å². The first-order valence-electron chi connectivity index (χ1n) is 9.93. The van der Waals surface area contributed by atoms with Crippen molar-refractivity contribution in [2.24, 2.45) is 13.0 Å². The molecule has 31 heavy (non-hydrogen) atoms. The Morgan fingerprint density at radius 3 is 2.52 bits per heavy atom. The summed E-state index contributed by atoms with van der Waals surface area (Å²) in [6.07, 6.45) is 3.54. The average Bonchev–Trinajstić information content (AvgIpc) is 3.38. The number of carbonyl (C=O) groups excluding carboxylic acids is 2. The van der Waals surface area contributed by atoms with E-state index in [0.717, 1.165) is 5.69 Å². The molecule has 160 valence electrons. The van der Waals surface area contributed by atoms with E-state index in [-0.39, 0.29) is 30.6 Å². The first kappa shape index (κ1) is 20.6. The van der Waals surface area contributed by atoms with Gasteiger partial charge in [-0.2, -0.15) is 0 Å². The summed E-state index contributed by atoms with van der Waals surface area (Å²) in [5, 5.41) is 3.01. The van der Waals surface area contributed by atoms with Gasteiger partial charge in [-0.05, 0) is 42.0 Å². The fraction of sp³-hybridized carbons (Fsp3) is 0.261. The summed E-state index contributed by atoms with van der Waals surface area (Å²) in [7, 11) is 3.41. The molecule has 0 aliphatic carbocycles. The summed E-state index contributed by atoms with van der Waals surface area (Å²) >= 11 is 0. The Morgan fingerprint density at radius 2 is 1.90 bits per heavy atom. The Morgan fingerprint density at radius 1 is 1.19 bits per heavy atom. The molecule has 0 radical (unpaired) electrons. The molecule has 1 N–H and O–H groups in total. The predicted molar refractivity (Wildman–Crippen MR) is 113 cm³/mol. The normalized spacial score (nSPS) is 16.9. The van der Waals surface area contributed by atoms with Gasteiger partial charge in [0.1, 0.15) is 23.4 Å². The third-order valence-electron chi connectivity index (χ3n) is 5.49. The Kier molecular flexibility index (Phi) is 5.70. The van der Waals surface area contributed by atoms with Crippen LogP contribution >= 0.6 is 0 Å². The number of aryl methyl sites for hydroxylation is 1. The van der Waals surface area contributed by atoms with E-state index >= 15 is 0 Å². The molecular formula is C23H23FN4O3. The van der Waals surface area contributed by atoms with Gasteiger partial charge in [0.2, 0.25) is 11.8 Å². The first-order chi connectivity index (χ1) is 15.0. The number of nitrogens with zero attached hydrogens (tertiary/aromatic N) is 3. The molecular weight excluding hydrogens is 399 g/mol. The number of halogens is 1. The van der Waals surface area contributed by atoms with Crippen LogP contribution in [0.25, 0.3) is 0 Å². The topological polar surface area (TPSA) is 76.5 Å². The van der Waals surface area contributed by atoms with Crippen LogP contribution in [0, 0.1) is 11.7 Å². The second kappa shape index (κ2) is 8.59. The number of methoxy groups -OCH3 is 1.